The van der Waals surface area contributed by atoms with E-state index in [0.717, 1.165) is 60.4 Å². The molecule has 1 heterocycles. The molecule has 206 valence electrons. The Morgan fingerprint density at radius 1 is 0.872 bits per heavy atom. The van der Waals surface area contributed by atoms with Gasteiger partial charge in [0, 0.05) is 44.8 Å². The molecular weight excluding hydrogens is 492 g/mol. The number of hydrogen-bond donors (Lipinski definition) is 4. The van der Waals surface area contributed by atoms with Crippen molar-refractivity contribution >= 4 is 17.7 Å². The lowest BCUT2D eigenvalue weighted by Crippen LogP contribution is -2.42. The third-order valence-electron chi connectivity index (χ3n) is 6.81. The number of carbonyl (C=O) groups excluding carboxylic acids is 2. The minimum atomic E-state index is -0.432. The normalized spacial score (nSPS) is 14.1. The van der Waals surface area contributed by atoms with E-state index in [4.69, 9.17) is 9.84 Å². The van der Waals surface area contributed by atoms with E-state index in [0.29, 0.717) is 26.1 Å². The first-order valence-electron chi connectivity index (χ1n) is 13.6. The largest absolute Gasteiger partial charge is 0.446 e. The molecule has 4 rings (SSSR count). The Hall–Kier alpha value is -3.72. The molecule has 0 spiro atoms. The lowest BCUT2D eigenvalue weighted by Gasteiger charge is -2.31. The summed E-state index contributed by atoms with van der Waals surface area (Å²) in [6.07, 6.45) is 1.32. The number of aliphatic hydroxyl groups is 1. The van der Waals surface area contributed by atoms with Crippen LogP contribution in [0.4, 0.5) is 10.5 Å². The summed E-state index contributed by atoms with van der Waals surface area (Å²) in [5.74, 6) is 0.00632. The number of hydrogen-bond acceptors (Lipinski definition) is 6. The summed E-state index contributed by atoms with van der Waals surface area (Å²) in [7, 11) is 0. The average molecular weight is 531 g/mol. The number of amides is 2. The Morgan fingerprint density at radius 2 is 1.56 bits per heavy atom. The first-order chi connectivity index (χ1) is 19.1. The maximum absolute atomic E-state index is 12.6. The quantitative estimate of drug-likeness (QED) is 0.266. The van der Waals surface area contributed by atoms with Crippen molar-refractivity contribution in [2.45, 2.75) is 31.9 Å². The fourth-order valence-corrected chi connectivity index (χ4v) is 4.69. The Labute approximate surface area is 230 Å². The van der Waals surface area contributed by atoms with Gasteiger partial charge in [0.2, 0.25) is 5.91 Å². The minimum Gasteiger partial charge on any atom is -0.446 e. The molecule has 0 aliphatic carbocycles. The zero-order valence-electron chi connectivity index (χ0n) is 22.3. The van der Waals surface area contributed by atoms with Crippen LogP contribution in [0.15, 0.2) is 78.9 Å². The molecule has 39 heavy (non-hydrogen) atoms. The highest BCUT2D eigenvalue weighted by molar-refractivity contribution is 5.91. The van der Waals surface area contributed by atoms with Gasteiger partial charge in [0.15, 0.2) is 0 Å². The molecule has 1 aliphatic rings. The van der Waals surface area contributed by atoms with Crippen LogP contribution in [0.2, 0.25) is 0 Å². The average Bonchev–Trinajstić information content (AvgIpc) is 2.96. The Kier molecular flexibility index (Phi) is 10.9. The molecule has 0 aromatic heterocycles. The molecule has 2 amide bonds. The highest BCUT2D eigenvalue weighted by atomic mass is 16.6. The molecule has 0 unspecified atom stereocenters. The molecule has 1 fully saturated rings. The van der Waals surface area contributed by atoms with Gasteiger partial charge in [-0.25, -0.2) is 4.79 Å². The van der Waals surface area contributed by atoms with Crippen LogP contribution in [-0.2, 0) is 22.5 Å². The Bertz CT molecular complexity index is 1180. The van der Waals surface area contributed by atoms with E-state index in [1.54, 1.807) is 0 Å². The summed E-state index contributed by atoms with van der Waals surface area (Å²) in [4.78, 5) is 27.3. The predicted octanol–water partition coefficient (Wildman–Crippen LogP) is 3.81. The van der Waals surface area contributed by atoms with Gasteiger partial charge in [-0.2, -0.15) is 0 Å². The second kappa shape index (κ2) is 15.0. The first kappa shape index (κ1) is 28.3. The summed E-state index contributed by atoms with van der Waals surface area (Å²) >= 11 is 0. The number of ether oxygens (including phenoxy) is 1. The van der Waals surface area contributed by atoms with E-state index in [9.17, 15) is 9.59 Å². The minimum absolute atomic E-state index is 0.00632. The van der Waals surface area contributed by atoms with Crippen LogP contribution < -0.4 is 16.0 Å². The van der Waals surface area contributed by atoms with E-state index in [1.807, 2.05) is 78.9 Å². The van der Waals surface area contributed by atoms with Gasteiger partial charge >= 0.3 is 6.09 Å². The highest BCUT2D eigenvalue weighted by Gasteiger charge is 2.22. The van der Waals surface area contributed by atoms with Gasteiger partial charge < -0.3 is 25.4 Å². The number of aliphatic hydroxyl groups excluding tert-OH is 1. The SMILES string of the molecule is O=C(Cc1ccc(CNCCO)cc1)NCCN1CCC(OC(=O)Nc2ccccc2-c2ccccc2)CC1. The predicted molar refractivity (Wildman–Crippen MR) is 153 cm³/mol. The Morgan fingerprint density at radius 3 is 2.31 bits per heavy atom. The number of anilines is 1. The summed E-state index contributed by atoms with van der Waals surface area (Å²) in [5.41, 5.74) is 4.81. The fourth-order valence-electron chi connectivity index (χ4n) is 4.69. The van der Waals surface area contributed by atoms with Crippen molar-refractivity contribution in [2.75, 3.05) is 44.6 Å². The second-order valence-corrected chi connectivity index (χ2v) is 9.73. The molecule has 0 atom stereocenters. The molecule has 0 bridgehead atoms. The van der Waals surface area contributed by atoms with Crippen molar-refractivity contribution < 1.29 is 19.4 Å². The van der Waals surface area contributed by atoms with E-state index >= 15 is 0 Å². The van der Waals surface area contributed by atoms with Crippen LogP contribution in [0, 0.1) is 0 Å². The van der Waals surface area contributed by atoms with Crippen LogP contribution >= 0.6 is 0 Å². The van der Waals surface area contributed by atoms with Crippen molar-refractivity contribution in [1.29, 1.82) is 0 Å². The molecule has 3 aromatic rings. The zero-order valence-corrected chi connectivity index (χ0v) is 22.3. The van der Waals surface area contributed by atoms with E-state index in [-0.39, 0.29) is 18.6 Å². The first-order valence-corrected chi connectivity index (χ1v) is 13.6. The number of piperidine rings is 1. The summed E-state index contributed by atoms with van der Waals surface area (Å²) in [6, 6.07) is 25.6. The van der Waals surface area contributed by atoms with Crippen LogP contribution in [-0.4, -0.2) is 67.4 Å². The monoisotopic (exact) mass is 530 g/mol. The highest BCUT2D eigenvalue weighted by Crippen LogP contribution is 2.28. The molecule has 0 saturated carbocycles. The fraction of sp³-hybridized carbons (Fsp3) is 0.355. The summed E-state index contributed by atoms with van der Waals surface area (Å²) in [6.45, 7) is 4.37. The van der Waals surface area contributed by atoms with Gasteiger partial charge in [-0.3, -0.25) is 10.1 Å². The Balaban J connectivity index is 1.12. The molecule has 1 saturated heterocycles. The maximum atomic E-state index is 12.6. The maximum Gasteiger partial charge on any atom is 0.411 e. The van der Waals surface area contributed by atoms with E-state index in [1.165, 1.54) is 0 Å². The molecular formula is C31H38N4O4. The van der Waals surface area contributed by atoms with Crippen LogP contribution in [0.3, 0.4) is 0 Å². The van der Waals surface area contributed by atoms with E-state index < -0.39 is 6.09 Å². The summed E-state index contributed by atoms with van der Waals surface area (Å²) < 4.78 is 5.72. The number of nitrogens with zero attached hydrogens (tertiary/aromatic N) is 1. The number of likely N-dealkylation sites (tertiary alicyclic amines) is 1. The number of benzene rings is 3. The van der Waals surface area contributed by atoms with Crippen molar-refractivity contribution in [3.05, 3.63) is 90.0 Å². The molecule has 3 aromatic carbocycles. The number of carbonyl (C=O) groups is 2. The third-order valence-corrected chi connectivity index (χ3v) is 6.81. The van der Waals surface area contributed by atoms with Gasteiger partial charge in [0.25, 0.3) is 0 Å². The standard InChI is InChI=1S/C31H38N4O4/c36-21-17-32-23-25-12-10-24(11-13-25)22-30(37)33-16-20-35-18-14-27(15-19-35)39-31(38)34-29-9-5-4-8-28(29)26-6-2-1-3-7-26/h1-13,27,32,36H,14-23H2,(H,33,37)(H,34,38). The molecule has 4 N–H and O–H groups in total. The number of para-hydroxylation sites is 1. The number of rotatable bonds is 12. The molecule has 1 aliphatic heterocycles. The van der Waals surface area contributed by atoms with Crippen molar-refractivity contribution in [3.63, 3.8) is 0 Å². The summed E-state index contributed by atoms with van der Waals surface area (Å²) in [5, 5.41) is 17.9. The second-order valence-electron chi connectivity index (χ2n) is 9.73. The van der Waals surface area contributed by atoms with Crippen LogP contribution in [0.5, 0.6) is 0 Å². The third kappa shape index (κ3) is 9.21. The smallest absolute Gasteiger partial charge is 0.411 e. The van der Waals surface area contributed by atoms with Crippen LogP contribution in [0.25, 0.3) is 11.1 Å². The number of nitrogens with one attached hydrogen (secondary N) is 3. The molecule has 0 radical (unpaired) electrons. The topological polar surface area (TPSA) is 103 Å². The molecule has 8 heteroatoms. The molecule has 8 nitrogen and oxygen atoms in total. The van der Waals surface area contributed by atoms with Crippen molar-refractivity contribution in [1.82, 2.24) is 15.5 Å². The van der Waals surface area contributed by atoms with Gasteiger partial charge in [-0.15, -0.1) is 0 Å². The van der Waals surface area contributed by atoms with Gasteiger partial charge in [0.1, 0.15) is 6.10 Å². The lowest BCUT2D eigenvalue weighted by molar-refractivity contribution is -0.120. The lowest BCUT2D eigenvalue weighted by atomic mass is 10.0. The van der Waals surface area contributed by atoms with Crippen LogP contribution in [0.1, 0.15) is 24.0 Å². The van der Waals surface area contributed by atoms with Gasteiger partial charge in [0.05, 0.1) is 18.7 Å². The van der Waals surface area contributed by atoms with E-state index in [2.05, 4.69) is 20.9 Å². The van der Waals surface area contributed by atoms with Crippen molar-refractivity contribution in [2.24, 2.45) is 0 Å². The van der Waals surface area contributed by atoms with Crippen molar-refractivity contribution in [3.8, 4) is 11.1 Å². The van der Waals surface area contributed by atoms with Gasteiger partial charge in [-0.1, -0.05) is 72.8 Å². The van der Waals surface area contributed by atoms with Gasteiger partial charge in [-0.05, 0) is 35.6 Å². The zero-order chi connectivity index (χ0) is 27.3.